The van der Waals surface area contributed by atoms with E-state index >= 15 is 0 Å². The first-order valence-corrected chi connectivity index (χ1v) is 9.82. The van der Waals surface area contributed by atoms with E-state index in [-0.39, 0.29) is 18.3 Å². The van der Waals surface area contributed by atoms with Crippen LogP contribution in [0.4, 0.5) is 0 Å². The minimum absolute atomic E-state index is 0. The number of ether oxygens (including phenoxy) is 1. The number of rotatable bonds is 6. The monoisotopic (exact) mass is 429 g/mol. The van der Waals surface area contributed by atoms with Gasteiger partial charge in [0.05, 0.1) is 18.8 Å². The summed E-state index contributed by atoms with van der Waals surface area (Å²) in [7, 11) is 0. The van der Waals surface area contributed by atoms with Crippen LogP contribution in [-0.2, 0) is 10.3 Å². The highest BCUT2D eigenvalue weighted by Crippen LogP contribution is 2.41. The number of nitrogens with zero attached hydrogens (tertiary/aromatic N) is 1. The van der Waals surface area contributed by atoms with Gasteiger partial charge in [-0.1, -0.05) is 54.4 Å². The van der Waals surface area contributed by atoms with Gasteiger partial charge in [-0.25, -0.2) is 0 Å². The third-order valence-corrected chi connectivity index (χ3v) is 5.78. The molecule has 1 saturated heterocycles. The van der Waals surface area contributed by atoms with Crippen LogP contribution < -0.4 is 0 Å². The molecule has 0 bridgehead atoms. The van der Waals surface area contributed by atoms with Crippen LogP contribution in [0.25, 0.3) is 0 Å². The predicted molar refractivity (Wildman–Crippen MR) is 114 cm³/mol. The quantitative estimate of drug-likeness (QED) is 0.689. The van der Waals surface area contributed by atoms with Crippen LogP contribution in [0.1, 0.15) is 30.4 Å². The van der Waals surface area contributed by atoms with E-state index in [0.717, 1.165) is 44.0 Å². The van der Waals surface area contributed by atoms with E-state index in [1.807, 2.05) is 55.5 Å². The number of hydrogen-bond donors (Lipinski definition) is 1. The highest BCUT2D eigenvalue weighted by molar-refractivity contribution is 6.30. The second kappa shape index (κ2) is 10.1. The molecule has 27 heavy (non-hydrogen) atoms. The van der Waals surface area contributed by atoms with Crippen LogP contribution in [0.3, 0.4) is 0 Å². The van der Waals surface area contributed by atoms with Crippen LogP contribution in [0.15, 0.2) is 48.5 Å². The summed E-state index contributed by atoms with van der Waals surface area (Å²) in [6, 6.07) is 15.3. The zero-order valence-corrected chi connectivity index (χ0v) is 17.7. The van der Waals surface area contributed by atoms with Crippen molar-refractivity contribution in [3.05, 3.63) is 69.7 Å². The number of hydrogen-bond acceptors (Lipinski definition) is 3. The lowest BCUT2D eigenvalue weighted by Gasteiger charge is -2.40. The molecule has 2 aromatic rings. The lowest BCUT2D eigenvalue weighted by molar-refractivity contribution is -0.0250. The summed E-state index contributed by atoms with van der Waals surface area (Å²) in [5.74, 6) is -0.0796. The summed E-state index contributed by atoms with van der Waals surface area (Å²) in [5, 5.41) is 13.1. The van der Waals surface area contributed by atoms with Crippen molar-refractivity contribution in [2.24, 2.45) is 0 Å². The maximum atomic E-state index is 11.8. The number of benzene rings is 2. The maximum Gasteiger partial charge on any atom is 0.0974 e. The summed E-state index contributed by atoms with van der Waals surface area (Å²) in [6.07, 6.45) is 0.603. The zero-order valence-electron chi connectivity index (χ0n) is 15.4. The van der Waals surface area contributed by atoms with Gasteiger partial charge in [-0.2, -0.15) is 0 Å². The Hall–Kier alpha value is -0.810. The summed E-state index contributed by atoms with van der Waals surface area (Å²) in [6.45, 7) is 6.02. The standard InChI is InChI=1S/C21H25Cl2NO2.ClH/c1-2-21(25,17-5-9-19(23)10-6-17)20(15-24-11-13-26-14-12-24)16-3-7-18(22)8-4-16;/h3-10,20,25H,2,11-15H2,1H3;1H. The van der Waals surface area contributed by atoms with E-state index in [1.54, 1.807) is 0 Å². The maximum absolute atomic E-state index is 11.8. The van der Waals surface area contributed by atoms with Gasteiger partial charge in [0.1, 0.15) is 0 Å². The molecule has 1 fully saturated rings. The Morgan fingerprint density at radius 1 is 1.00 bits per heavy atom. The Labute approximate surface area is 177 Å². The van der Waals surface area contributed by atoms with Crippen molar-refractivity contribution in [3.8, 4) is 0 Å². The first kappa shape index (κ1) is 22.5. The van der Waals surface area contributed by atoms with Gasteiger partial charge < -0.3 is 9.84 Å². The van der Waals surface area contributed by atoms with E-state index in [0.29, 0.717) is 16.5 Å². The van der Waals surface area contributed by atoms with Crippen molar-refractivity contribution >= 4 is 35.6 Å². The molecule has 3 nitrogen and oxygen atoms in total. The molecule has 0 aromatic heterocycles. The predicted octanol–water partition coefficient (Wildman–Crippen LogP) is 5.13. The largest absolute Gasteiger partial charge is 0.384 e. The second-order valence-corrected chi connectivity index (χ2v) is 7.67. The van der Waals surface area contributed by atoms with Gasteiger partial charge in [-0.05, 0) is 41.8 Å². The molecule has 1 aliphatic rings. The number of morpholine rings is 1. The van der Waals surface area contributed by atoms with E-state index in [2.05, 4.69) is 4.90 Å². The van der Waals surface area contributed by atoms with Crippen molar-refractivity contribution in [2.75, 3.05) is 32.8 Å². The molecule has 1 N–H and O–H groups in total. The average Bonchev–Trinajstić information content (AvgIpc) is 2.68. The molecular weight excluding hydrogens is 405 g/mol. The normalized spacial score (nSPS) is 18.4. The van der Waals surface area contributed by atoms with Crippen LogP contribution >= 0.6 is 35.6 Å². The third-order valence-electron chi connectivity index (χ3n) is 5.28. The van der Waals surface area contributed by atoms with Crippen molar-refractivity contribution in [3.63, 3.8) is 0 Å². The first-order chi connectivity index (χ1) is 12.5. The van der Waals surface area contributed by atoms with Gasteiger partial charge in [0.25, 0.3) is 0 Å². The van der Waals surface area contributed by atoms with Gasteiger partial charge in [0, 0.05) is 35.6 Å². The molecule has 3 rings (SSSR count). The molecule has 2 aromatic carbocycles. The molecule has 2 unspecified atom stereocenters. The lowest BCUT2D eigenvalue weighted by atomic mass is 9.75. The molecule has 6 heteroatoms. The van der Waals surface area contributed by atoms with Gasteiger partial charge in [0.2, 0.25) is 0 Å². The fraction of sp³-hybridized carbons (Fsp3) is 0.429. The Bertz CT molecular complexity index is 702. The minimum atomic E-state index is -0.989. The lowest BCUT2D eigenvalue weighted by Crippen LogP contribution is -2.44. The van der Waals surface area contributed by atoms with Crippen molar-refractivity contribution < 1.29 is 9.84 Å². The molecule has 1 heterocycles. The molecule has 2 atom stereocenters. The third kappa shape index (κ3) is 5.38. The molecule has 148 valence electrons. The van der Waals surface area contributed by atoms with E-state index < -0.39 is 5.60 Å². The van der Waals surface area contributed by atoms with E-state index in [9.17, 15) is 5.11 Å². The van der Waals surface area contributed by atoms with Crippen molar-refractivity contribution in [1.29, 1.82) is 0 Å². The van der Waals surface area contributed by atoms with Gasteiger partial charge in [-0.15, -0.1) is 12.4 Å². The molecule has 0 aliphatic carbocycles. The van der Waals surface area contributed by atoms with Gasteiger partial charge >= 0.3 is 0 Å². The van der Waals surface area contributed by atoms with E-state index in [4.69, 9.17) is 27.9 Å². The van der Waals surface area contributed by atoms with Crippen LogP contribution in [-0.4, -0.2) is 42.9 Å². The fourth-order valence-electron chi connectivity index (χ4n) is 3.66. The SMILES string of the molecule is CCC(O)(c1ccc(Cl)cc1)C(CN1CCOCC1)c1ccc(Cl)cc1.Cl. The highest BCUT2D eigenvalue weighted by Gasteiger charge is 2.39. The molecule has 0 radical (unpaired) electrons. The van der Waals surface area contributed by atoms with Crippen LogP contribution in [0.5, 0.6) is 0 Å². The highest BCUT2D eigenvalue weighted by atomic mass is 35.5. The Balaban J connectivity index is 0.00000261. The zero-order chi connectivity index (χ0) is 18.6. The Morgan fingerprint density at radius 2 is 1.52 bits per heavy atom. The van der Waals surface area contributed by atoms with Crippen molar-refractivity contribution in [2.45, 2.75) is 24.9 Å². The summed E-state index contributed by atoms with van der Waals surface area (Å²) in [5.41, 5.74) is 0.981. The van der Waals surface area contributed by atoms with Crippen LogP contribution in [0.2, 0.25) is 10.0 Å². The minimum Gasteiger partial charge on any atom is -0.384 e. The fourth-order valence-corrected chi connectivity index (χ4v) is 3.91. The van der Waals surface area contributed by atoms with Gasteiger partial charge in [-0.3, -0.25) is 4.90 Å². The Kier molecular flexibility index (Phi) is 8.41. The number of halogens is 3. The molecule has 1 aliphatic heterocycles. The molecule has 0 spiro atoms. The first-order valence-electron chi connectivity index (χ1n) is 9.07. The summed E-state index contributed by atoms with van der Waals surface area (Å²) in [4.78, 5) is 2.36. The average molecular weight is 431 g/mol. The van der Waals surface area contributed by atoms with E-state index in [1.165, 1.54) is 0 Å². The second-order valence-electron chi connectivity index (χ2n) is 6.80. The molecule has 0 amide bonds. The topological polar surface area (TPSA) is 32.7 Å². The van der Waals surface area contributed by atoms with Gasteiger partial charge in [0.15, 0.2) is 0 Å². The smallest absolute Gasteiger partial charge is 0.0974 e. The Morgan fingerprint density at radius 3 is 2.04 bits per heavy atom. The van der Waals surface area contributed by atoms with Crippen molar-refractivity contribution in [1.82, 2.24) is 4.90 Å². The van der Waals surface area contributed by atoms with Crippen LogP contribution in [0, 0.1) is 0 Å². The summed E-state index contributed by atoms with van der Waals surface area (Å²) >= 11 is 12.1. The molecule has 0 saturated carbocycles. The molecular formula is C21H26Cl3NO2. The number of aliphatic hydroxyl groups is 1. The summed E-state index contributed by atoms with van der Waals surface area (Å²) < 4.78 is 5.48.